The topological polar surface area (TPSA) is 61.4 Å². The summed E-state index contributed by atoms with van der Waals surface area (Å²) in [6.45, 7) is 6.71. The number of pyridine rings is 2. The third-order valence-electron chi connectivity index (χ3n) is 7.18. The van der Waals surface area contributed by atoms with Crippen LogP contribution in [0.3, 0.4) is 0 Å². The molecule has 1 amide bonds. The van der Waals surface area contributed by atoms with Gasteiger partial charge in [-0.2, -0.15) is 0 Å². The highest BCUT2D eigenvalue weighted by atomic mass is 16.2. The molecule has 3 aliphatic rings. The van der Waals surface area contributed by atoms with Crippen molar-refractivity contribution in [3.05, 3.63) is 41.6 Å². The number of nitrogens with one attached hydrogen (secondary N) is 1. The number of hydrogen-bond acceptors (Lipinski definition) is 5. The van der Waals surface area contributed by atoms with Gasteiger partial charge < -0.3 is 15.1 Å². The Balaban J connectivity index is 1.42. The highest BCUT2D eigenvalue weighted by molar-refractivity contribution is 5.73. The van der Waals surface area contributed by atoms with Gasteiger partial charge in [0.25, 0.3) is 0 Å². The van der Waals surface area contributed by atoms with Crippen molar-refractivity contribution in [3.63, 3.8) is 0 Å². The third kappa shape index (κ3) is 4.53. The van der Waals surface area contributed by atoms with E-state index in [2.05, 4.69) is 46.4 Å². The molecule has 1 atom stereocenters. The monoisotopic (exact) mass is 419 g/mol. The molecule has 2 aliphatic heterocycles. The van der Waals surface area contributed by atoms with Crippen molar-refractivity contribution in [2.75, 3.05) is 29.9 Å². The zero-order valence-electron chi connectivity index (χ0n) is 18.7. The lowest BCUT2D eigenvalue weighted by Crippen LogP contribution is -2.36. The van der Waals surface area contributed by atoms with Crippen LogP contribution in [0.2, 0.25) is 0 Å². The number of rotatable bonds is 5. The molecule has 2 saturated heterocycles. The quantitative estimate of drug-likeness (QED) is 0.753. The molecule has 0 bridgehead atoms. The molecular formula is C25H33N5O. The standard InChI is InChI=1S/C25H33N5O/c1-17-4-3-11-30(17)25-16-22(20-8-12-29(13-9-20)18(2)31)15-24(28-25)27-23-14-21(7-10-26-23)19-5-6-19/h7,10,14-17,19-20H,3-6,8-9,11-13H2,1-2H3,(H,26,27,28)/t17-/m1/s1. The molecule has 0 unspecified atom stereocenters. The summed E-state index contributed by atoms with van der Waals surface area (Å²) in [5, 5.41) is 3.50. The summed E-state index contributed by atoms with van der Waals surface area (Å²) >= 11 is 0. The maximum absolute atomic E-state index is 11.7. The first-order chi connectivity index (χ1) is 15.1. The molecule has 31 heavy (non-hydrogen) atoms. The predicted molar refractivity (Wildman–Crippen MR) is 124 cm³/mol. The van der Waals surface area contributed by atoms with Gasteiger partial charge in [0.1, 0.15) is 17.5 Å². The van der Waals surface area contributed by atoms with E-state index in [0.29, 0.717) is 17.9 Å². The van der Waals surface area contributed by atoms with Crippen LogP contribution < -0.4 is 10.2 Å². The molecule has 164 valence electrons. The van der Waals surface area contributed by atoms with E-state index in [4.69, 9.17) is 4.98 Å². The second kappa shape index (κ2) is 8.48. The fourth-order valence-corrected chi connectivity index (χ4v) is 5.10. The first-order valence-electron chi connectivity index (χ1n) is 11.8. The second-order valence-electron chi connectivity index (χ2n) is 9.48. The molecule has 1 N–H and O–H groups in total. The first-order valence-corrected chi connectivity index (χ1v) is 11.8. The van der Waals surface area contributed by atoms with Gasteiger partial charge in [0.15, 0.2) is 0 Å². The molecule has 3 fully saturated rings. The van der Waals surface area contributed by atoms with Gasteiger partial charge in [0.2, 0.25) is 5.91 Å². The molecule has 6 heteroatoms. The van der Waals surface area contributed by atoms with E-state index in [9.17, 15) is 4.79 Å². The van der Waals surface area contributed by atoms with Crippen LogP contribution in [0, 0.1) is 0 Å². The van der Waals surface area contributed by atoms with Gasteiger partial charge in [-0.25, -0.2) is 9.97 Å². The Hall–Kier alpha value is -2.63. The zero-order chi connectivity index (χ0) is 21.4. The van der Waals surface area contributed by atoms with Crippen molar-refractivity contribution < 1.29 is 4.79 Å². The van der Waals surface area contributed by atoms with Crippen molar-refractivity contribution in [1.29, 1.82) is 0 Å². The molecular weight excluding hydrogens is 386 g/mol. The number of carbonyl (C=O) groups is 1. The number of aromatic nitrogens is 2. The summed E-state index contributed by atoms with van der Waals surface area (Å²) in [4.78, 5) is 25.7. The molecule has 4 heterocycles. The van der Waals surface area contributed by atoms with Crippen LogP contribution in [-0.2, 0) is 4.79 Å². The van der Waals surface area contributed by atoms with Crippen LogP contribution in [0.25, 0.3) is 0 Å². The highest BCUT2D eigenvalue weighted by Gasteiger charge is 2.27. The van der Waals surface area contributed by atoms with E-state index >= 15 is 0 Å². The van der Waals surface area contributed by atoms with E-state index in [1.54, 1.807) is 6.92 Å². The fraction of sp³-hybridized carbons (Fsp3) is 0.560. The summed E-state index contributed by atoms with van der Waals surface area (Å²) in [5.74, 6) is 4.17. The summed E-state index contributed by atoms with van der Waals surface area (Å²) in [6, 6.07) is 9.31. The number of piperidine rings is 1. The Bertz CT molecular complexity index is 949. The molecule has 0 aromatic carbocycles. The van der Waals surface area contributed by atoms with E-state index in [-0.39, 0.29) is 5.91 Å². The van der Waals surface area contributed by atoms with Crippen molar-refractivity contribution in [2.24, 2.45) is 0 Å². The minimum Gasteiger partial charge on any atom is -0.354 e. The van der Waals surface area contributed by atoms with Crippen molar-refractivity contribution in [1.82, 2.24) is 14.9 Å². The number of carbonyl (C=O) groups excluding carboxylic acids is 1. The number of amides is 1. The average Bonchev–Trinajstić information content (AvgIpc) is 3.54. The molecule has 1 aliphatic carbocycles. The van der Waals surface area contributed by atoms with Crippen LogP contribution in [0.1, 0.15) is 75.3 Å². The van der Waals surface area contributed by atoms with E-state index in [1.165, 1.54) is 36.8 Å². The van der Waals surface area contributed by atoms with Gasteiger partial charge in [0, 0.05) is 38.8 Å². The van der Waals surface area contributed by atoms with Gasteiger partial charge in [-0.15, -0.1) is 0 Å². The van der Waals surface area contributed by atoms with Gasteiger partial charge in [-0.1, -0.05) is 0 Å². The molecule has 1 saturated carbocycles. The minimum atomic E-state index is 0.184. The SMILES string of the molecule is CC(=O)N1CCC(c2cc(Nc3cc(C4CC4)ccn3)nc(N3CCC[C@H]3C)c2)CC1. The second-order valence-corrected chi connectivity index (χ2v) is 9.48. The van der Waals surface area contributed by atoms with Gasteiger partial charge in [-0.3, -0.25) is 4.79 Å². The number of anilines is 3. The molecule has 5 rings (SSSR count). The Morgan fingerprint density at radius 1 is 0.968 bits per heavy atom. The molecule has 2 aromatic heterocycles. The Morgan fingerprint density at radius 2 is 1.71 bits per heavy atom. The average molecular weight is 420 g/mol. The van der Waals surface area contributed by atoms with Crippen LogP contribution in [0.5, 0.6) is 0 Å². The summed E-state index contributed by atoms with van der Waals surface area (Å²) < 4.78 is 0. The van der Waals surface area contributed by atoms with Crippen molar-refractivity contribution in [3.8, 4) is 0 Å². The fourth-order valence-electron chi connectivity index (χ4n) is 5.10. The van der Waals surface area contributed by atoms with E-state index in [0.717, 1.165) is 49.9 Å². The maximum atomic E-state index is 11.7. The summed E-state index contributed by atoms with van der Waals surface area (Å²) in [6.07, 6.45) is 8.93. The van der Waals surface area contributed by atoms with Crippen LogP contribution in [0.4, 0.5) is 17.5 Å². The van der Waals surface area contributed by atoms with Crippen LogP contribution in [0.15, 0.2) is 30.5 Å². The van der Waals surface area contributed by atoms with Gasteiger partial charge >= 0.3 is 0 Å². The largest absolute Gasteiger partial charge is 0.354 e. The molecule has 0 spiro atoms. The molecule has 0 radical (unpaired) electrons. The van der Waals surface area contributed by atoms with E-state index in [1.807, 2.05) is 11.1 Å². The zero-order valence-corrected chi connectivity index (χ0v) is 18.7. The Labute approximate surface area is 185 Å². The Kier molecular flexibility index (Phi) is 5.55. The number of hydrogen-bond donors (Lipinski definition) is 1. The van der Waals surface area contributed by atoms with E-state index < -0.39 is 0 Å². The smallest absolute Gasteiger partial charge is 0.219 e. The highest BCUT2D eigenvalue weighted by Crippen LogP contribution is 2.40. The van der Waals surface area contributed by atoms with Gasteiger partial charge in [-0.05, 0) is 92.7 Å². The Morgan fingerprint density at radius 3 is 2.39 bits per heavy atom. The lowest BCUT2D eigenvalue weighted by atomic mass is 9.89. The summed E-state index contributed by atoms with van der Waals surface area (Å²) in [7, 11) is 0. The minimum absolute atomic E-state index is 0.184. The van der Waals surface area contributed by atoms with Gasteiger partial charge in [0.05, 0.1) is 0 Å². The lowest BCUT2D eigenvalue weighted by Gasteiger charge is -2.32. The number of nitrogens with zero attached hydrogens (tertiary/aromatic N) is 4. The lowest BCUT2D eigenvalue weighted by molar-refractivity contribution is -0.129. The first kappa shape index (κ1) is 20.3. The van der Waals surface area contributed by atoms with Crippen LogP contribution in [-0.4, -0.2) is 46.5 Å². The summed E-state index contributed by atoms with van der Waals surface area (Å²) in [5.41, 5.74) is 2.70. The molecule has 6 nitrogen and oxygen atoms in total. The maximum Gasteiger partial charge on any atom is 0.219 e. The normalized spacial score (nSPS) is 22.1. The predicted octanol–water partition coefficient (Wildman–Crippen LogP) is 4.81. The number of likely N-dealkylation sites (tertiary alicyclic amines) is 1. The van der Waals surface area contributed by atoms with Crippen molar-refractivity contribution in [2.45, 2.75) is 70.3 Å². The van der Waals surface area contributed by atoms with Crippen LogP contribution >= 0.6 is 0 Å². The third-order valence-corrected chi connectivity index (χ3v) is 7.18. The molecule has 2 aromatic rings. The van der Waals surface area contributed by atoms with Crippen molar-refractivity contribution >= 4 is 23.4 Å².